The molecule has 1 fully saturated rings. The Bertz CT molecular complexity index is 1080. The van der Waals surface area contributed by atoms with Crippen LogP contribution in [-0.2, 0) is 4.79 Å². The molecule has 1 saturated heterocycles. The Balaban J connectivity index is 1.41. The topological polar surface area (TPSA) is 111 Å². The molecule has 0 atom stereocenters. The number of carbonyl (C=O) groups is 2. The Morgan fingerprint density at radius 2 is 1.82 bits per heavy atom. The second-order valence-corrected chi connectivity index (χ2v) is 8.43. The molecule has 1 aromatic carbocycles. The maximum atomic E-state index is 13.2. The number of amides is 2. The highest BCUT2D eigenvalue weighted by molar-refractivity contribution is 7.13. The third-order valence-corrected chi connectivity index (χ3v) is 6.07. The number of rotatable bonds is 7. The summed E-state index contributed by atoms with van der Waals surface area (Å²) >= 11 is 1.22. The van der Waals surface area contributed by atoms with E-state index in [1.807, 2.05) is 12.1 Å². The minimum Gasteiger partial charge on any atom is -0.497 e. The van der Waals surface area contributed by atoms with Gasteiger partial charge in [-0.1, -0.05) is 0 Å². The van der Waals surface area contributed by atoms with E-state index in [0.29, 0.717) is 48.2 Å². The molecule has 0 bridgehead atoms. The summed E-state index contributed by atoms with van der Waals surface area (Å²) in [6.07, 6.45) is 4.84. The van der Waals surface area contributed by atoms with E-state index in [1.54, 1.807) is 54.0 Å². The number of aromatic nitrogens is 2. The van der Waals surface area contributed by atoms with Crippen LogP contribution in [0.1, 0.15) is 23.2 Å². The number of nitrogen functional groups attached to an aromatic ring is 1. The molecular weight excluding hydrogens is 442 g/mol. The van der Waals surface area contributed by atoms with Gasteiger partial charge in [-0.2, -0.15) is 0 Å². The second kappa shape index (κ2) is 10.3. The summed E-state index contributed by atoms with van der Waals surface area (Å²) in [5.74, 6) is 1.30. The Labute approximate surface area is 195 Å². The Hall–Kier alpha value is -3.66. The summed E-state index contributed by atoms with van der Waals surface area (Å²) in [6.45, 7) is 0.987. The average Bonchev–Trinajstić information content (AvgIpc) is 3.29. The van der Waals surface area contributed by atoms with Crippen LogP contribution in [0.4, 0.5) is 10.9 Å². The number of anilines is 2. The van der Waals surface area contributed by atoms with Crippen molar-refractivity contribution in [1.82, 2.24) is 14.9 Å². The molecule has 172 valence electrons. The Morgan fingerprint density at radius 3 is 2.42 bits per heavy atom. The number of piperidine rings is 1. The first kappa shape index (κ1) is 22.5. The number of nitrogens with zero attached hydrogens (tertiary/aromatic N) is 4. The standard InChI is InChI=1S/C23H25N5O4S/c1-31-17-4-2-16(3-5-17)22(30)28(20-15-33-23(24)26-20)14-21(29)27-12-8-19(9-13-27)32-18-6-10-25-11-7-18/h2-7,10-11,15,19H,8-9,12-14H2,1H3,(H2,24,26). The van der Waals surface area contributed by atoms with Crippen LogP contribution in [-0.4, -0.2) is 59.5 Å². The fourth-order valence-electron chi connectivity index (χ4n) is 3.62. The van der Waals surface area contributed by atoms with Gasteiger partial charge in [0, 0.05) is 49.3 Å². The summed E-state index contributed by atoms with van der Waals surface area (Å²) in [5.41, 5.74) is 6.22. The average molecular weight is 468 g/mol. The highest BCUT2D eigenvalue weighted by atomic mass is 32.1. The monoisotopic (exact) mass is 467 g/mol. The van der Waals surface area contributed by atoms with Crippen LogP contribution in [0.25, 0.3) is 0 Å². The lowest BCUT2D eigenvalue weighted by Crippen LogP contribution is -2.47. The first-order valence-corrected chi connectivity index (χ1v) is 11.4. The van der Waals surface area contributed by atoms with Crippen LogP contribution in [0.15, 0.2) is 54.2 Å². The van der Waals surface area contributed by atoms with Crippen LogP contribution in [0.3, 0.4) is 0 Å². The molecule has 0 aliphatic carbocycles. The number of nitrogens with two attached hydrogens (primary N) is 1. The minimum atomic E-state index is -0.327. The fraction of sp³-hybridized carbons (Fsp3) is 0.304. The van der Waals surface area contributed by atoms with Crippen molar-refractivity contribution >= 4 is 34.1 Å². The maximum Gasteiger partial charge on any atom is 0.259 e. The summed E-state index contributed by atoms with van der Waals surface area (Å²) in [4.78, 5) is 37.7. The van der Waals surface area contributed by atoms with Gasteiger partial charge in [-0.3, -0.25) is 19.5 Å². The van der Waals surface area contributed by atoms with Crippen LogP contribution < -0.4 is 20.1 Å². The van der Waals surface area contributed by atoms with E-state index in [9.17, 15) is 9.59 Å². The lowest BCUT2D eigenvalue weighted by atomic mass is 10.1. The normalized spacial score (nSPS) is 14.0. The van der Waals surface area contributed by atoms with Crippen molar-refractivity contribution in [2.75, 3.05) is 37.4 Å². The second-order valence-electron chi connectivity index (χ2n) is 7.54. The number of hydrogen-bond acceptors (Lipinski definition) is 8. The molecule has 1 aliphatic rings. The molecule has 9 nitrogen and oxygen atoms in total. The van der Waals surface area contributed by atoms with Gasteiger partial charge in [-0.15, -0.1) is 11.3 Å². The van der Waals surface area contributed by atoms with E-state index < -0.39 is 0 Å². The molecule has 0 spiro atoms. The lowest BCUT2D eigenvalue weighted by molar-refractivity contribution is -0.131. The third kappa shape index (κ3) is 5.58. The van der Waals surface area contributed by atoms with Crippen molar-refractivity contribution in [3.63, 3.8) is 0 Å². The molecule has 2 N–H and O–H groups in total. The summed E-state index contributed by atoms with van der Waals surface area (Å²) in [5, 5.41) is 2.01. The van der Waals surface area contributed by atoms with Crippen LogP contribution >= 0.6 is 11.3 Å². The smallest absolute Gasteiger partial charge is 0.259 e. The number of thiazole rings is 1. The first-order chi connectivity index (χ1) is 16.0. The number of hydrogen-bond donors (Lipinski definition) is 1. The van der Waals surface area contributed by atoms with Crippen LogP contribution in [0.5, 0.6) is 11.5 Å². The third-order valence-electron chi connectivity index (χ3n) is 5.41. The van der Waals surface area contributed by atoms with Crippen molar-refractivity contribution in [2.24, 2.45) is 0 Å². The molecule has 0 unspecified atom stereocenters. The number of ether oxygens (including phenoxy) is 2. The van der Waals surface area contributed by atoms with Crippen molar-refractivity contribution < 1.29 is 19.1 Å². The van der Waals surface area contributed by atoms with Crippen molar-refractivity contribution in [2.45, 2.75) is 18.9 Å². The largest absolute Gasteiger partial charge is 0.497 e. The van der Waals surface area contributed by atoms with E-state index in [-0.39, 0.29) is 24.5 Å². The fourth-order valence-corrected chi connectivity index (χ4v) is 4.17. The zero-order valence-corrected chi connectivity index (χ0v) is 19.0. The maximum absolute atomic E-state index is 13.2. The Kier molecular flexibility index (Phi) is 7.04. The molecule has 0 radical (unpaired) electrons. The summed E-state index contributed by atoms with van der Waals surface area (Å²) in [6, 6.07) is 10.4. The zero-order chi connectivity index (χ0) is 23.2. The molecule has 2 aromatic heterocycles. The van der Waals surface area contributed by atoms with Crippen molar-refractivity contribution in [3.05, 3.63) is 59.7 Å². The molecule has 3 aromatic rings. The molecule has 4 rings (SSSR count). The van der Waals surface area contributed by atoms with Crippen molar-refractivity contribution in [3.8, 4) is 11.5 Å². The molecule has 2 amide bonds. The van der Waals surface area contributed by atoms with E-state index in [4.69, 9.17) is 15.2 Å². The van der Waals surface area contributed by atoms with Gasteiger partial charge in [0.15, 0.2) is 5.13 Å². The molecule has 0 saturated carbocycles. The van der Waals surface area contributed by atoms with E-state index >= 15 is 0 Å². The molecule has 3 heterocycles. The van der Waals surface area contributed by atoms with Crippen LogP contribution in [0.2, 0.25) is 0 Å². The number of likely N-dealkylation sites (tertiary alicyclic amines) is 1. The number of benzene rings is 1. The molecule has 10 heteroatoms. The van der Waals surface area contributed by atoms with Gasteiger partial charge in [0.2, 0.25) is 5.91 Å². The van der Waals surface area contributed by atoms with E-state index in [1.165, 1.54) is 16.2 Å². The van der Waals surface area contributed by atoms with Crippen molar-refractivity contribution in [1.29, 1.82) is 0 Å². The van der Waals surface area contributed by atoms with Gasteiger partial charge in [0.1, 0.15) is 30.0 Å². The van der Waals surface area contributed by atoms with Gasteiger partial charge in [0.25, 0.3) is 5.91 Å². The summed E-state index contributed by atoms with van der Waals surface area (Å²) < 4.78 is 11.1. The van der Waals surface area contributed by atoms with Gasteiger partial charge in [-0.05, 0) is 36.4 Å². The SMILES string of the molecule is COc1ccc(C(=O)N(CC(=O)N2CCC(Oc3ccncc3)CC2)c2csc(N)n2)cc1. The zero-order valence-electron chi connectivity index (χ0n) is 18.2. The number of carbonyl (C=O) groups excluding carboxylic acids is 2. The van der Waals surface area contributed by atoms with Gasteiger partial charge < -0.3 is 20.1 Å². The highest BCUT2D eigenvalue weighted by Crippen LogP contribution is 2.24. The number of pyridine rings is 1. The Morgan fingerprint density at radius 1 is 1.12 bits per heavy atom. The summed E-state index contributed by atoms with van der Waals surface area (Å²) in [7, 11) is 1.56. The van der Waals surface area contributed by atoms with Gasteiger partial charge in [0.05, 0.1) is 7.11 Å². The predicted octanol–water partition coefficient (Wildman–Crippen LogP) is 2.85. The van der Waals surface area contributed by atoms with Gasteiger partial charge >= 0.3 is 0 Å². The van der Waals surface area contributed by atoms with E-state index in [0.717, 1.165) is 5.75 Å². The quantitative estimate of drug-likeness (QED) is 0.569. The highest BCUT2D eigenvalue weighted by Gasteiger charge is 2.28. The number of methoxy groups -OCH3 is 1. The van der Waals surface area contributed by atoms with Gasteiger partial charge in [-0.25, -0.2) is 4.98 Å². The minimum absolute atomic E-state index is 0.0341. The van der Waals surface area contributed by atoms with Crippen LogP contribution in [0, 0.1) is 0 Å². The molecular formula is C23H25N5O4S. The molecule has 33 heavy (non-hydrogen) atoms. The first-order valence-electron chi connectivity index (χ1n) is 10.5. The predicted molar refractivity (Wildman–Crippen MR) is 126 cm³/mol. The van der Waals surface area contributed by atoms with E-state index in [2.05, 4.69) is 9.97 Å². The molecule has 1 aliphatic heterocycles. The lowest BCUT2D eigenvalue weighted by Gasteiger charge is -2.33.